The van der Waals surface area contributed by atoms with Crippen LogP contribution in [0.15, 0.2) is 18.2 Å². The highest BCUT2D eigenvalue weighted by Crippen LogP contribution is 2.23. The Labute approximate surface area is 116 Å². The van der Waals surface area contributed by atoms with E-state index in [2.05, 4.69) is 43.9 Å². The number of anilines is 1. The first-order valence-corrected chi connectivity index (χ1v) is 7.00. The zero-order valence-electron chi connectivity index (χ0n) is 12.4. The Kier molecular flexibility index (Phi) is 5.87. The number of hydrogen-bond acceptors (Lipinski definition) is 2. The summed E-state index contributed by atoms with van der Waals surface area (Å²) in [5.41, 5.74) is 3.59. The highest BCUT2D eigenvalue weighted by molar-refractivity contribution is 5.70. The van der Waals surface area contributed by atoms with Crippen molar-refractivity contribution in [3.05, 3.63) is 29.3 Å². The van der Waals surface area contributed by atoms with E-state index in [-0.39, 0.29) is 5.92 Å². The molecule has 106 valence electrons. The highest BCUT2D eigenvalue weighted by Gasteiger charge is 2.17. The Morgan fingerprint density at radius 2 is 2.05 bits per heavy atom. The monoisotopic (exact) mass is 263 g/mol. The maximum atomic E-state index is 11.1. The van der Waals surface area contributed by atoms with Crippen LogP contribution in [0.1, 0.15) is 37.8 Å². The summed E-state index contributed by atoms with van der Waals surface area (Å²) in [5, 5.41) is 9.10. The molecule has 0 amide bonds. The lowest BCUT2D eigenvalue weighted by Gasteiger charge is -2.28. The number of aliphatic carboxylic acids is 1. The topological polar surface area (TPSA) is 40.5 Å². The van der Waals surface area contributed by atoms with Crippen molar-refractivity contribution in [1.29, 1.82) is 0 Å². The van der Waals surface area contributed by atoms with Crippen LogP contribution in [0.4, 0.5) is 5.69 Å². The standard InChI is InChI=1S/C16H25NO2/c1-5-6-9-17(11-14(4)16(18)19)15-10-12(2)7-8-13(15)3/h7-8,10,14H,5-6,9,11H2,1-4H3,(H,18,19). The van der Waals surface area contributed by atoms with Crippen LogP contribution < -0.4 is 4.90 Å². The number of aryl methyl sites for hydroxylation is 2. The predicted molar refractivity (Wildman–Crippen MR) is 79.8 cm³/mol. The molecule has 0 saturated heterocycles. The molecule has 0 saturated carbocycles. The zero-order valence-corrected chi connectivity index (χ0v) is 12.4. The Morgan fingerprint density at radius 1 is 1.37 bits per heavy atom. The van der Waals surface area contributed by atoms with Crippen molar-refractivity contribution in [3.63, 3.8) is 0 Å². The van der Waals surface area contributed by atoms with Crippen molar-refractivity contribution in [2.75, 3.05) is 18.0 Å². The zero-order chi connectivity index (χ0) is 14.4. The second-order valence-electron chi connectivity index (χ2n) is 5.33. The first-order chi connectivity index (χ1) is 8.95. The lowest BCUT2D eigenvalue weighted by atomic mass is 10.1. The van der Waals surface area contributed by atoms with Crippen molar-refractivity contribution in [1.82, 2.24) is 0 Å². The van der Waals surface area contributed by atoms with Crippen molar-refractivity contribution in [2.45, 2.75) is 40.5 Å². The molecule has 0 aliphatic rings. The summed E-state index contributed by atoms with van der Waals surface area (Å²) in [6.45, 7) is 9.56. The Balaban J connectivity index is 2.94. The third-order valence-corrected chi connectivity index (χ3v) is 3.40. The van der Waals surface area contributed by atoms with Crippen LogP contribution in [0, 0.1) is 19.8 Å². The van der Waals surface area contributed by atoms with E-state index >= 15 is 0 Å². The van der Waals surface area contributed by atoms with E-state index in [1.807, 2.05) is 0 Å². The molecular weight excluding hydrogens is 238 g/mol. The summed E-state index contributed by atoms with van der Waals surface area (Å²) < 4.78 is 0. The van der Waals surface area contributed by atoms with Crippen molar-refractivity contribution >= 4 is 11.7 Å². The van der Waals surface area contributed by atoms with Crippen molar-refractivity contribution in [3.8, 4) is 0 Å². The van der Waals surface area contributed by atoms with Gasteiger partial charge in [0.15, 0.2) is 0 Å². The number of unbranched alkanes of at least 4 members (excludes halogenated alkanes) is 1. The highest BCUT2D eigenvalue weighted by atomic mass is 16.4. The molecule has 1 rings (SSSR count). The van der Waals surface area contributed by atoms with Gasteiger partial charge in [0, 0.05) is 18.8 Å². The third-order valence-electron chi connectivity index (χ3n) is 3.40. The second kappa shape index (κ2) is 7.17. The molecule has 19 heavy (non-hydrogen) atoms. The van der Waals surface area contributed by atoms with E-state index in [4.69, 9.17) is 5.11 Å². The summed E-state index contributed by atoms with van der Waals surface area (Å²) in [5.74, 6) is -1.08. The van der Waals surface area contributed by atoms with E-state index in [9.17, 15) is 4.79 Å². The molecule has 0 aromatic heterocycles. The van der Waals surface area contributed by atoms with E-state index in [1.165, 1.54) is 16.8 Å². The minimum atomic E-state index is -0.730. The van der Waals surface area contributed by atoms with E-state index in [0.717, 1.165) is 19.4 Å². The maximum Gasteiger partial charge on any atom is 0.308 e. The summed E-state index contributed by atoms with van der Waals surface area (Å²) in [6, 6.07) is 6.35. The van der Waals surface area contributed by atoms with Gasteiger partial charge in [-0.3, -0.25) is 4.79 Å². The smallest absolute Gasteiger partial charge is 0.308 e. The second-order valence-corrected chi connectivity index (χ2v) is 5.33. The molecule has 3 heteroatoms. The van der Waals surface area contributed by atoms with Gasteiger partial charge in [-0.1, -0.05) is 32.4 Å². The molecule has 3 nitrogen and oxygen atoms in total. The number of carboxylic acid groups (broad SMARTS) is 1. The first kappa shape index (κ1) is 15.5. The molecule has 1 unspecified atom stereocenters. The van der Waals surface area contributed by atoms with E-state index in [0.29, 0.717) is 6.54 Å². The fourth-order valence-electron chi connectivity index (χ4n) is 2.13. The summed E-state index contributed by atoms with van der Waals surface area (Å²) in [6.07, 6.45) is 2.20. The lowest BCUT2D eigenvalue weighted by molar-refractivity contribution is -0.140. The van der Waals surface area contributed by atoms with Crippen LogP contribution in [-0.4, -0.2) is 24.2 Å². The number of benzene rings is 1. The fourth-order valence-corrected chi connectivity index (χ4v) is 2.13. The molecule has 0 aliphatic heterocycles. The average Bonchev–Trinajstić information content (AvgIpc) is 2.37. The normalized spacial score (nSPS) is 12.2. The Hall–Kier alpha value is -1.51. The van der Waals surface area contributed by atoms with E-state index < -0.39 is 5.97 Å². The predicted octanol–water partition coefficient (Wildman–Crippen LogP) is 3.63. The summed E-state index contributed by atoms with van der Waals surface area (Å²) in [4.78, 5) is 13.3. The van der Waals surface area contributed by atoms with Crippen LogP contribution in [-0.2, 0) is 4.79 Å². The van der Waals surface area contributed by atoms with Crippen LogP contribution in [0.25, 0.3) is 0 Å². The lowest BCUT2D eigenvalue weighted by Crippen LogP contribution is -2.33. The van der Waals surface area contributed by atoms with Gasteiger partial charge in [0.2, 0.25) is 0 Å². The minimum absolute atomic E-state index is 0.350. The van der Waals surface area contributed by atoms with Crippen molar-refractivity contribution < 1.29 is 9.90 Å². The molecule has 1 aromatic rings. The molecule has 0 spiro atoms. The van der Waals surface area contributed by atoms with Gasteiger partial charge in [-0.2, -0.15) is 0 Å². The molecule has 1 N–H and O–H groups in total. The van der Waals surface area contributed by atoms with Gasteiger partial charge in [-0.15, -0.1) is 0 Å². The van der Waals surface area contributed by atoms with E-state index in [1.54, 1.807) is 6.92 Å². The van der Waals surface area contributed by atoms with Gasteiger partial charge in [0.25, 0.3) is 0 Å². The van der Waals surface area contributed by atoms with Crippen LogP contribution >= 0.6 is 0 Å². The number of carboxylic acids is 1. The van der Waals surface area contributed by atoms with Crippen LogP contribution in [0.5, 0.6) is 0 Å². The SMILES string of the molecule is CCCCN(CC(C)C(=O)O)c1cc(C)ccc1C. The van der Waals surface area contributed by atoms with Crippen molar-refractivity contribution in [2.24, 2.45) is 5.92 Å². The maximum absolute atomic E-state index is 11.1. The Morgan fingerprint density at radius 3 is 2.63 bits per heavy atom. The average molecular weight is 263 g/mol. The van der Waals surface area contributed by atoms with Crippen LogP contribution in [0.2, 0.25) is 0 Å². The van der Waals surface area contributed by atoms with Gasteiger partial charge in [0.1, 0.15) is 0 Å². The Bertz CT molecular complexity index is 429. The molecule has 0 fully saturated rings. The van der Waals surface area contributed by atoms with Crippen LogP contribution in [0.3, 0.4) is 0 Å². The molecule has 0 heterocycles. The number of carbonyl (C=O) groups is 1. The quantitative estimate of drug-likeness (QED) is 0.816. The number of rotatable bonds is 7. The van der Waals surface area contributed by atoms with Gasteiger partial charge < -0.3 is 10.0 Å². The molecule has 0 radical (unpaired) electrons. The van der Waals surface area contributed by atoms with Gasteiger partial charge in [0.05, 0.1) is 5.92 Å². The molecule has 0 aliphatic carbocycles. The summed E-state index contributed by atoms with van der Waals surface area (Å²) in [7, 11) is 0. The van der Waals surface area contributed by atoms with Gasteiger partial charge in [-0.25, -0.2) is 0 Å². The summed E-state index contributed by atoms with van der Waals surface area (Å²) >= 11 is 0. The number of nitrogens with zero attached hydrogens (tertiary/aromatic N) is 1. The first-order valence-electron chi connectivity index (χ1n) is 7.00. The van der Waals surface area contributed by atoms with Gasteiger partial charge >= 0.3 is 5.97 Å². The van der Waals surface area contributed by atoms with Gasteiger partial charge in [-0.05, 0) is 37.5 Å². The molecular formula is C16H25NO2. The molecule has 1 aromatic carbocycles. The minimum Gasteiger partial charge on any atom is -0.481 e. The molecule has 1 atom stereocenters. The molecule has 0 bridgehead atoms. The number of hydrogen-bond donors (Lipinski definition) is 1. The third kappa shape index (κ3) is 4.58. The fraction of sp³-hybridized carbons (Fsp3) is 0.562. The largest absolute Gasteiger partial charge is 0.481 e.